The smallest absolute Gasteiger partial charge is 0.138 e. The molecule has 2 aromatic heterocycles. The molecule has 0 saturated carbocycles. The van der Waals surface area contributed by atoms with Crippen molar-refractivity contribution in [3.63, 3.8) is 0 Å². The Hall–Kier alpha value is -3.59. The average Bonchev–Trinajstić information content (AvgIpc) is 3.46. The van der Waals surface area contributed by atoms with Gasteiger partial charge in [-0.3, -0.25) is 0 Å². The highest BCUT2D eigenvalue weighted by atomic mass is 35.5. The Bertz CT molecular complexity index is 1590. The molecule has 6 nitrogen and oxygen atoms in total. The van der Waals surface area contributed by atoms with Crippen LogP contribution >= 0.6 is 23.4 Å². The van der Waals surface area contributed by atoms with Crippen LogP contribution in [0.3, 0.4) is 0 Å². The predicted molar refractivity (Wildman–Crippen MR) is 162 cm³/mol. The SMILES string of the molecule is CCNC(CSC)c1ccc(-c2ccc3ncnc(NCc4ccc(OCc5cccc(F)c5)c(Cl)c4)c3c2)o1. The Labute approximate surface area is 242 Å². The lowest BCUT2D eigenvalue weighted by molar-refractivity contribution is 0.305. The number of anilines is 1. The van der Waals surface area contributed by atoms with Gasteiger partial charge in [0, 0.05) is 23.2 Å². The summed E-state index contributed by atoms with van der Waals surface area (Å²) in [5.74, 6) is 3.62. The molecule has 9 heteroatoms. The maximum Gasteiger partial charge on any atom is 0.138 e. The fourth-order valence-electron chi connectivity index (χ4n) is 4.45. The van der Waals surface area contributed by atoms with Gasteiger partial charge in [0.15, 0.2) is 0 Å². The minimum absolute atomic E-state index is 0.166. The number of hydrogen-bond acceptors (Lipinski definition) is 7. The highest BCUT2D eigenvalue weighted by Gasteiger charge is 2.16. The molecule has 206 valence electrons. The first-order chi connectivity index (χ1) is 19.5. The van der Waals surface area contributed by atoms with Crippen LogP contribution in [0.1, 0.15) is 29.9 Å². The largest absolute Gasteiger partial charge is 0.487 e. The normalized spacial score (nSPS) is 12.0. The van der Waals surface area contributed by atoms with Crippen LogP contribution in [-0.2, 0) is 13.2 Å². The quantitative estimate of drug-likeness (QED) is 0.156. The molecule has 2 heterocycles. The number of thioether (sulfide) groups is 1. The third kappa shape index (κ3) is 6.75. The molecular weight excluding hydrogens is 547 g/mol. The monoisotopic (exact) mass is 576 g/mol. The fourth-order valence-corrected chi connectivity index (χ4v) is 5.32. The Balaban J connectivity index is 1.29. The number of fused-ring (bicyclic) bond motifs is 1. The molecule has 1 atom stereocenters. The van der Waals surface area contributed by atoms with Crippen molar-refractivity contribution in [3.8, 4) is 17.1 Å². The van der Waals surface area contributed by atoms with Crippen molar-refractivity contribution in [2.45, 2.75) is 26.1 Å². The minimum atomic E-state index is -0.295. The predicted octanol–water partition coefficient (Wildman–Crippen LogP) is 7.89. The summed E-state index contributed by atoms with van der Waals surface area (Å²) in [6.07, 6.45) is 3.65. The molecule has 5 aromatic rings. The standard InChI is InChI=1S/C31H30ClFN4O2S/c1-3-34-27(18-40-2)30-12-11-28(39-30)22-8-9-26-24(15-22)31(37-19-36-26)35-16-20-7-10-29(25(32)14-20)38-17-21-5-4-6-23(33)13-21/h4-15,19,27,34H,3,16-18H2,1-2H3,(H,35,36,37). The molecule has 0 amide bonds. The number of furan rings is 1. The van der Waals surface area contributed by atoms with Crippen LogP contribution in [0.15, 0.2) is 83.5 Å². The van der Waals surface area contributed by atoms with Gasteiger partial charge in [0.2, 0.25) is 0 Å². The summed E-state index contributed by atoms with van der Waals surface area (Å²) < 4.78 is 25.5. The lowest BCUT2D eigenvalue weighted by atomic mass is 10.1. The Morgan fingerprint density at radius 2 is 1.93 bits per heavy atom. The lowest BCUT2D eigenvalue weighted by Crippen LogP contribution is -2.22. The van der Waals surface area contributed by atoms with Gasteiger partial charge in [0.1, 0.15) is 41.8 Å². The van der Waals surface area contributed by atoms with E-state index in [0.717, 1.165) is 51.4 Å². The summed E-state index contributed by atoms with van der Waals surface area (Å²) >= 11 is 8.27. The van der Waals surface area contributed by atoms with Crippen molar-refractivity contribution in [1.29, 1.82) is 0 Å². The maximum absolute atomic E-state index is 13.4. The van der Waals surface area contributed by atoms with Gasteiger partial charge in [-0.2, -0.15) is 11.8 Å². The summed E-state index contributed by atoms with van der Waals surface area (Å²) in [7, 11) is 0. The number of halogens is 2. The van der Waals surface area contributed by atoms with Gasteiger partial charge in [-0.05, 0) is 78.5 Å². The number of aromatic nitrogens is 2. The van der Waals surface area contributed by atoms with Crippen molar-refractivity contribution in [2.75, 3.05) is 23.9 Å². The number of nitrogens with zero attached hydrogens (tertiary/aromatic N) is 2. The zero-order valence-corrected chi connectivity index (χ0v) is 23.9. The van der Waals surface area contributed by atoms with E-state index in [4.69, 9.17) is 20.8 Å². The highest BCUT2D eigenvalue weighted by Crippen LogP contribution is 2.31. The molecule has 0 radical (unpaired) electrons. The minimum Gasteiger partial charge on any atom is -0.487 e. The van der Waals surface area contributed by atoms with Crippen molar-refractivity contribution >= 4 is 40.1 Å². The third-order valence-corrected chi connectivity index (χ3v) is 7.38. The van der Waals surface area contributed by atoms with Crippen LogP contribution < -0.4 is 15.4 Å². The molecule has 2 N–H and O–H groups in total. The van der Waals surface area contributed by atoms with Gasteiger partial charge in [0.25, 0.3) is 0 Å². The second-order valence-electron chi connectivity index (χ2n) is 9.26. The highest BCUT2D eigenvalue weighted by molar-refractivity contribution is 7.98. The second-order valence-corrected chi connectivity index (χ2v) is 10.6. The Morgan fingerprint density at radius 1 is 1.02 bits per heavy atom. The van der Waals surface area contributed by atoms with Crippen molar-refractivity contribution in [1.82, 2.24) is 15.3 Å². The molecule has 0 aliphatic carbocycles. The van der Waals surface area contributed by atoms with E-state index in [1.54, 1.807) is 24.2 Å². The van der Waals surface area contributed by atoms with Gasteiger partial charge >= 0.3 is 0 Å². The summed E-state index contributed by atoms with van der Waals surface area (Å²) in [6.45, 7) is 3.71. The van der Waals surface area contributed by atoms with Crippen LogP contribution in [0.25, 0.3) is 22.2 Å². The van der Waals surface area contributed by atoms with Crippen molar-refractivity contribution in [3.05, 3.63) is 107 Å². The third-order valence-electron chi connectivity index (χ3n) is 6.41. The van der Waals surface area contributed by atoms with Gasteiger partial charge in [-0.15, -0.1) is 0 Å². The van der Waals surface area contributed by atoms with Crippen LogP contribution in [0.2, 0.25) is 5.02 Å². The molecule has 40 heavy (non-hydrogen) atoms. The number of rotatable bonds is 12. The fraction of sp³-hybridized carbons (Fsp3) is 0.226. The Morgan fingerprint density at radius 3 is 2.73 bits per heavy atom. The van der Waals surface area contributed by atoms with Crippen LogP contribution in [0.4, 0.5) is 10.2 Å². The first kappa shape index (κ1) is 28.0. The molecule has 0 fully saturated rings. The van der Waals surface area contributed by atoms with E-state index in [0.29, 0.717) is 23.1 Å². The zero-order chi connectivity index (χ0) is 27.9. The number of ether oxygens (including phenoxy) is 1. The molecule has 0 aliphatic rings. The lowest BCUT2D eigenvalue weighted by Gasteiger charge is -2.14. The maximum atomic E-state index is 13.4. The molecule has 1 unspecified atom stereocenters. The molecule has 0 saturated heterocycles. The first-order valence-corrected chi connectivity index (χ1v) is 14.8. The number of benzene rings is 3. The van der Waals surface area contributed by atoms with E-state index in [9.17, 15) is 4.39 Å². The summed E-state index contributed by atoms with van der Waals surface area (Å²) in [6, 6.07) is 22.2. The average molecular weight is 577 g/mol. The molecule has 5 rings (SSSR count). The van der Waals surface area contributed by atoms with Crippen molar-refractivity contribution < 1.29 is 13.5 Å². The number of nitrogens with one attached hydrogen (secondary N) is 2. The van der Waals surface area contributed by atoms with Crippen LogP contribution in [0, 0.1) is 5.82 Å². The molecule has 0 bridgehead atoms. The summed E-state index contributed by atoms with van der Waals surface area (Å²) in [5.41, 5.74) is 3.49. The van der Waals surface area contributed by atoms with Crippen LogP contribution in [0.5, 0.6) is 5.75 Å². The van der Waals surface area contributed by atoms with E-state index < -0.39 is 0 Å². The van der Waals surface area contributed by atoms with E-state index in [2.05, 4.69) is 33.8 Å². The van der Waals surface area contributed by atoms with Crippen molar-refractivity contribution in [2.24, 2.45) is 0 Å². The van der Waals surface area contributed by atoms with E-state index in [-0.39, 0.29) is 18.5 Å². The van der Waals surface area contributed by atoms with Gasteiger partial charge in [-0.25, -0.2) is 14.4 Å². The van der Waals surface area contributed by atoms with Gasteiger partial charge in [-0.1, -0.05) is 36.7 Å². The van der Waals surface area contributed by atoms with E-state index in [1.807, 2.05) is 54.6 Å². The summed E-state index contributed by atoms with van der Waals surface area (Å²) in [5, 5.41) is 8.28. The van der Waals surface area contributed by atoms with Gasteiger partial charge < -0.3 is 19.8 Å². The number of hydrogen-bond donors (Lipinski definition) is 2. The Kier molecular flexibility index (Phi) is 9.21. The molecule has 0 spiro atoms. The van der Waals surface area contributed by atoms with Gasteiger partial charge in [0.05, 0.1) is 16.6 Å². The van der Waals surface area contributed by atoms with E-state index in [1.165, 1.54) is 12.1 Å². The zero-order valence-electron chi connectivity index (χ0n) is 22.3. The van der Waals surface area contributed by atoms with E-state index >= 15 is 0 Å². The summed E-state index contributed by atoms with van der Waals surface area (Å²) in [4.78, 5) is 8.93. The first-order valence-electron chi connectivity index (χ1n) is 13.0. The second kappa shape index (κ2) is 13.2. The van der Waals surface area contributed by atoms with Crippen LogP contribution in [-0.4, -0.2) is 28.5 Å². The molecule has 3 aromatic carbocycles. The topological polar surface area (TPSA) is 72.2 Å². The molecular formula is C31H30ClFN4O2S. The molecule has 0 aliphatic heterocycles.